The molecule has 2 rings (SSSR count). The summed E-state index contributed by atoms with van der Waals surface area (Å²) >= 11 is 0. The minimum Gasteiger partial charge on any atom is -0.495 e. The van der Waals surface area contributed by atoms with Crippen LogP contribution in [0.15, 0.2) is 42.6 Å². The third kappa shape index (κ3) is 3.05. The number of benzene rings is 1. The van der Waals surface area contributed by atoms with Gasteiger partial charge in [-0.3, -0.25) is 4.98 Å². The maximum absolute atomic E-state index is 5.44. The molecule has 0 spiro atoms. The van der Waals surface area contributed by atoms with Crippen LogP contribution in [0.25, 0.3) is 0 Å². The minimum absolute atomic E-state index is 0.141. The van der Waals surface area contributed by atoms with Crippen LogP contribution in [0.2, 0.25) is 0 Å². The first-order chi connectivity index (χ1) is 9.26. The maximum atomic E-state index is 5.44. The quantitative estimate of drug-likeness (QED) is 0.883. The highest BCUT2D eigenvalue weighted by molar-refractivity contribution is 5.62. The Kier molecular flexibility index (Phi) is 4.39. The Morgan fingerprint density at radius 3 is 2.68 bits per heavy atom. The highest BCUT2D eigenvalue weighted by Gasteiger charge is 2.12. The lowest BCUT2D eigenvalue weighted by Gasteiger charge is -2.19. The molecule has 0 aliphatic rings. The first kappa shape index (κ1) is 13.4. The van der Waals surface area contributed by atoms with Crippen molar-refractivity contribution < 1.29 is 4.74 Å². The van der Waals surface area contributed by atoms with E-state index in [0.717, 1.165) is 23.6 Å². The molecular weight excluding hydrogens is 236 g/mol. The summed E-state index contributed by atoms with van der Waals surface area (Å²) in [5, 5.41) is 3.51. The van der Waals surface area contributed by atoms with E-state index in [2.05, 4.69) is 30.2 Å². The van der Waals surface area contributed by atoms with Gasteiger partial charge in [0.2, 0.25) is 0 Å². The van der Waals surface area contributed by atoms with E-state index in [1.165, 1.54) is 5.56 Å². The van der Waals surface area contributed by atoms with Gasteiger partial charge in [0.05, 0.1) is 24.5 Å². The first-order valence-corrected chi connectivity index (χ1v) is 6.59. The van der Waals surface area contributed by atoms with Gasteiger partial charge in [-0.2, -0.15) is 0 Å². The highest BCUT2D eigenvalue weighted by Crippen LogP contribution is 2.31. The van der Waals surface area contributed by atoms with Crippen LogP contribution >= 0.6 is 0 Å². The van der Waals surface area contributed by atoms with Gasteiger partial charge in [0.15, 0.2) is 0 Å². The molecule has 0 radical (unpaired) electrons. The van der Waals surface area contributed by atoms with E-state index in [1.807, 2.05) is 36.5 Å². The number of aryl methyl sites for hydroxylation is 1. The molecule has 0 fully saturated rings. The van der Waals surface area contributed by atoms with Gasteiger partial charge in [-0.05, 0) is 37.1 Å². The Bertz CT molecular complexity index is 503. The molecule has 2 aromatic rings. The molecular formula is C16H20N2O. The van der Waals surface area contributed by atoms with E-state index in [0.29, 0.717) is 0 Å². The predicted molar refractivity (Wildman–Crippen MR) is 78.6 cm³/mol. The lowest BCUT2D eigenvalue weighted by Crippen LogP contribution is -2.10. The number of pyridine rings is 1. The summed E-state index contributed by atoms with van der Waals surface area (Å²) in [7, 11) is 1.70. The van der Waals surface area contributed by atoms with Gasteiger partial charge in [0.25, 0.3) is 0 Å². The predicted octanol–water partition coefficient (Wildman–Crippen LogP) is 3.83. The van der Waals surface area contributed by atoms with Crippen LogP contribution in [0.1, 0.15) is 31.1 Å². The average Bonchev–Trinajstić information content (AvgIpc) is 2.48. The van der Waals surface area contributed by atoms with Gasteiger partial charge < -0.3 is 10.1 Å². The number of hydrogen-bond donors (Lipinski definition) is 1. The fraction of sp³-hybridized carbons (Fsp3) is 0.312. The summed E-state index contributed by atoms with van der Waals surface area (Å²) in [6, 6.07) is 12.2. The molecule has 1 heterocycles. The Morgan fingerprint density at radius 1 is 1.21 bits per heavy atom. The van der Waals surface area contributed by atoms with E-state index in [-0.39, 0.29) is 6.04 Å². The van der Waals surface area contributed by atoms with E-state index in [1.54, 1.807) is 7.11 Å². The van der Waals surface area contributed by atoms with Crippen molar-refractivity contribution in [3.8, 4) is 5.75 Å². The van der Waals surface area contributed by atoms with Gasteiger partial charge in [0.1, 0.15) is 5.75 Å². The number of hydrogen-bond acceptors (Lipinski definition) is 3. The van der Waals surface area contributed by atoms with Gasteiger partial charge in [-0.15, -0.1) is 0 Å². The SMILES string of the molecule is CCc1cccc(OC)c1N[C@@H](C)c1ccccn1. The zero-order chi connectivity index (χ0) is 13.7. The van der Waals surface area contributed by atoms with Crippen LogP contribution in [-0.4, -0.2) is 12.1 Å². The summed E-state index contributed by atoms with van der Waals surface area (Å²) in [5.41, 5.74) is 3.34. The molecule has 100 valence electrons. The zero-order valence-corrected chi connectivity index (χ0v) is 11.7. The normalized spacial score (nSPS) is 11.9. The maximum Gasteiger partial charge on any atom is 0.142 e. The lowest BCUT2D eigenvalue weighted by molar-refractivity contribution is 0.415. The van der Waals surface area contributed by atoms with Gasteiger partial charge in [-0.1, -0.05) is 25.1 Å². The van der Waals surface area contributed by atoms with Crippen LogP contribution in [-0.2, 0) is 6.42 Å². The molecule has 1 atom stereocenters. The fourth-order valence-electron chi connectivity index (χ4n) is 2.13. The monoisotopic (exact) mass is 256 g/mol. The van der Waals surface area contributed by atoms with Crippen LogP contribution in [0.3, 0.4) is 0 Å². The van der Waals surface area contributed by atoms with Gasteiger partial charge >= 0.3 is 0 Å². The number of methoxy groups -OCH3 is 1. The fourth-order valence-corrected chi connectivity index (χ4v) is 2.13. The molecule has 0 saturated carbocycles. The van der Waals surface area contributed by atoms with Crippen LogP contribution in [0.5, 0.6) is 5.75 Å². The van der Waals surface area contributed by atoms with E-state index in [4.69, 9.17) is 4.74 Å². The van der Waals surface area contributed by atoms with Crippen molar-refractivity contribution in [1.29, 1.82) is 0 Å². The molecule has 19 heavy (non-hydrogen) atoms. The highest BCUT2D eigenvalue weighted by atomic mass is 16.5. The van der Waals surface area contributed by atoms with Gasteiger partial charge in [-0.25, -0.2) is 0 Å². The second kappa shape index (κ2) is 6.23. The lowest BCUT2D eigenvalue weighted by atomic mass is 10.1. The number of anilines is 1. The molecule has 0 amide bonds. The summed E-state index contributed by atoms with van der Waals surface area (Å²) in [4.78, 5) is 4.38. The molecule has 0 saturated heterocycles. The van der Waals surface area contributed by atoms with Crippen molar-refractivity contribution in [3.05, 3.63) is 53.9 Å². The Balaban J connectivity index is 2.27. The van der Waals surface area contributed by atoms with Crippen LogP contribution in [0, 0.1) is 0 Å². The average molecular weight is 256 g/mol. The summed E-state index contributed by atoms with van der Waals surface area (Å²) in [5.74, 6) is 0.877. The number of nitrogens with one attached hydrogen (secondary N) is 1. The summed E-state index contributed by atoms with van der Waals surface area (Å²) in [6.07, 6.45) is 2.78. The number of aromatic nitrogens is 1. The first-order valence-electron chi connectivity index (χ1n) is 6.59. The second-order valence-corrected chi connectivity index (χ2v) is 4.47. The van der Waals surface area contributed by atoms with Crippen LogP contribution < -0.4 is 10.1 Å². The second-order valence-electron chi connectivity index (χ2n) is 4.47. The molecule has 1 aromatic heterocycles. The number of rotatable bonds is 5. The molecule has 0 aliphatic carbocycles. The Morgan fingerprint density at radius 2 is 2.05 bits per heavy atom. The third-order valence-electron chi connectivity index (χ3n) is 3.21. The van der Waals surface area contributed by atoms with Gasteiger partial charge in [0, 0.05) is 6.20 Å². The largest absolute Gasteiger partial charge is 0.495 e. The topological polar surface area (TPSA) is 34.1 Å². The summed E-state index contributed by atoms with van der Waals surface area (Å²) in [6.45, 7) is 4.25. The molecule has 0 bridgehead atoms. The molecule has 3 nitrogen and oxygen atoms in total. The molecule has 0 aliphatic heterocycles. The van der Waals surface area contributed by atoms with E-state index in [9.17, 15) is 0 Å². The third-order valence-corrected chi connectivity index (χ3v) is 3.21. The smallest absolute Gasteiger partial charge is 0.142 e. The van der Waals surface area contributed by atoms with Crippen molar-refractivity contribution in [2.75, 3.05) is 12.4 Å². The zero-order valence-electron chi connectivity index (χ0n) is 11.7. The molecule has 1 aromatic carbocycles. The Hall–Kier alpha value is -2.03. The Labute approximate surface area is 114 Å². The number of ether oxygens (including phenoxy) is 1. The standard InChI is InChI=1S/C16H20N2O/c1-4-13-8-7-10-15(19-3)16(13)18-12(2)14-9-5-6-11-17-14/h5-12,18H,4H2,1-3H3/t12-/m0/s1. The van der Waals surface area contributed by atoms with Crippen molar-refractivity contribution in [1.82, 2.24) is 4.98 Å². The van der Waals surface area contributed by atoms with E-state index >= 15 is 0 Å². The molecule has 0 unspecified atom stereocenters. The minimum atomic E-state index is 0.141. The van der Waals surface area contributed by atoms with Crippen molar-refractivity contribution in [3.63, 3.8) is 0 Å². The summed E-state index contributed by atoms with van der Waals surface area (Å²) < 4.78 is 5.44. The molecule has 1 N–H and O–H groups in total. The molecule has 3 heteroatoms. The number of para-hydroxylation sites is 1. The van der Waals surface area contributed by atoms with Crippen molar-refractivity contribution in [2.45, 2.75) is 26.3 Å². The van der Waals surface area contributed by atoms with Crippen molar-refractivity contribution in [2.24, 2.45) is 0 Å². The number of nitrogens with zero attached hydrogens (tertiary/aromatic N) is 1. The van der Waals surface area contributed by atoms with Crippen LogP contribution in [0.4, 0.5) is 5.69 Å². The van der Waals surface area contributed by atoms with E-state index < -0.39 is 0 Å². The van der Waals surface area contributed by atoms with Crippen molar-refractivity contribution >= 4 is 5.69 Å².